The molecule has 0 bridgehead atoms. The maximum absolute atomic E-state index is 12.6. The molecule has 3 rings (SSSR count). The van der Waals surface area contributed by atoms with Gasteiger partial charge in [-0.1, -0.05) is 6.07 Å². The quantitative estimate of drug-likeness (QED) is 0.879. The van der Waals surface area contributed by atoms with Crippen LogP contribution in [0.2, 0.25) is 0 Å². The second kappa shape index (κ2) is 7.63. The molecule has 8 heteroatoms. The number of nitrogens with one attached hydrogen (secondary N) is 1. The molecule has 1 saturated heterocycles. The van der Waals surface area contributed by atoms with Gasteiger partial charge >= 0.3 is 6.03 Å². The van der Waals surface area contributed by atoms with Crippen molar-refractivity contribution in [3.05, 3.63) is 23.8 Å². The second-order valence-electron chi connectivity index (χ2n) is 7.15. The second-order valence-corrected chi connectivity index (χ2v) is 7.67. The molecule has 2 amide bonds. The summed E-state index contributed by atoms with van der Waals surface area (Å²) in [5.74, 6) is 0. The number of hydrogen-bond acceptors (Lipinski definition) is 6. The Labute approximate surface area is 152 Å². The molecule has 0 aliphatic carbocycles. The van der Waals surface area contributed by atoms with E-state index in [4.69, 9.17) is 4.74 Å². The molecule has 1 N–H and O–H groups in total. The summed E-state index contributed by atoms with van der Waals surface area (Å²) in [6, 6.07) is 5.85. The fraction of sp³-hybridized carbons (Fsp3) is 0.588. The lowest BCUT2D eigenvalue weighted by atomic mass is 10.0. The van der Waals surface area contributed by atoms with Crippen LogP contribution in [0.5, 0.6) is 0 Å². The number of benzene rings is 1. The summed E-state index contributed by atoms with van der Waals surface area (Å²) in [5, 5.41) is 3.13. The number of carbonyl (C=O) groups is 1. The van der Waals surface area contributed by atoms with Crippen molar-refractivity contribution in [3.8, 4) is 0 Å². The number of carbonyl (C=O) groups excluding carboxylic acids is 1. The summed E-state index contributed by atoms with van der Waals surface area (Å²) in [5.41, 5.74) is 2.52. The number of ether oxygens (including phenoxy) is 1. The number of rotatable bonds is 5. The van der Waals surface area contributed by atoms with Crippen molar-refractivity contribution in [1.82, 2.24) is 23.9 Å². The van der Waals surface area contributed by atoms with Gasteiger partial charge in [-0.3, -0.25) is 4.90 Å². The molecular weight excluding hydrogens is 338 g/mol. The molecule has 0 spiro atoms. The average Bonchev–Trinajstić information content (AvgIpc) is 3.02. The van der Waals surface area contributed by atoms with Crippen LogP contribution in [0.4, 0.5) is 4.79 Å². The highest BCUT2D eigenvalue weighted by molar-refractivity contribution is 7.00. The number of fused-ring (bicyclic) bond motifs is 1. The highest BCUT2D eigenvalue weighted by Crippen LogP contribution is 2.15. The summed E-state index contributed by atoms with van der Waals surface area (Å²) in [7, 11) is 1.81. The van der Waals surface area contributed by atoms with Gasteiger partial charge in [0.05, 0.1) is 24.9 Å². The lowest BCUT2D eigenvalue weighted by Gasteiger charge is -2.36. The first kappa shape index (κ1) is 18.0. The van der Waals surface area contributed by atoms with Crippen molar-refractivity contribution in [1.29, 1.82) is 0 Å². The predicted octanol–water partition coefficient (Wildman–Crippen LogP) is 1.94. The molecule has 1 fully saturated rings. The molecule has 0 saturated carbocycles. The van der Waals surface area contributed by atoms with E-state index in [1.165, 1.54) is 11.7 Å². The SMILES string of the molecule is CN(Cc1ccc2nsnc2c1)C(=O)NC(C)(C)CN1CCOCC1. The molecule has 7 nitrogen and oxygen atoms in total. The number of hydrogen-bond donors (Lipinski definition) is 1. The molecular formula is C17H25N5O2S. The van der Waals surface area contributed by atoms with E-state index in [1.807, 2.05) is 25.2 Å². The Hall–Kier alpha value is -1.77. The van der Waals surface area contributed by atoms with Crippen molar-refractivity contribution in [3.63, 3.8) is 0 Å². The van der Waals surface area contributed by atoms with Crippen LogP contribution >= 0.6 is 11.7 Å². The smallest absolute Gasteiger partial charge is 0.317 e. The van der Waals surface area contributed by atoms with E-state index in [2.05, 4.69) is 32.8 Å². The number of nitrogens with zero attached hydrogens (tertiary/aromatic N) is 4. The third kappa shape index (κ3) is 4.87. The molecule has 0 atom stereocenters. The monoisotopic (exact) mass is 363 g/mol. The summed E-state index contributed by atoms with van der Waals surface area (Å²) in [4.78, 5) is 16.6. The molecule has 1 aliphatic rings. The minimum absolute atomic E-state index is 0.0743. The Morgan fingerprint density at radius 1 is 1.32 bits per heavy atom. The number of urea groups is 1. The molecule has 2 heterocycles. The Balaban J connectivity index is 1.55. The fourth-order valence-corrected chi connectivity index (χ4v) is 3.53. The Bertz CT molecular complexity index is 727. The van der Waals surface area contributed by atoms with Gasteiger partial charge in [-0.05, 0) is 31.5 Å². The van der Waals surface area contributed by atoms with Gasteiger partial charge in [-0.15, -0.1) is 0 Å². The summed E-state index contributed by atoms with van der Waals surface area (Å²) in [6.07, 6.45) is 0. The van der Waals surface area contributed by atoms with Gasteiger partial charge in [0.1, 0.15) is 11.0 Å². The van der Waals surface area contributed by atoms with E-state index in [1.54, 1.807) is 4.90 Å². The molecule has 1 aromatic carbocycles. The minimum Gasteiger partial charge on any atom is -0.379 e. The van der Waals surface area contributed by atoms with Gasteiger partial charge in [0.2, 0.25) is 0 Å². The van der Waals surface area contributed by atoms with Gasteiger partial charge in [0.25, 0.3) is 0 Å². The van der Waals surface area contributed by atoms with Crippen LogP contribution in [0.3, 0.4) is 0 Å². The predicted molar refractivity (Wildman–Crippen MR) is 98.8 cm³/mol. The van der Waals surface area contributed by atoms with Crippen LogP contribution in [0.15, 0.2) is 18.2 Å². The zero-order valence-electron chi connectivity index (χ0n) is 15.0. The first-order chi connectivity index (χ1) is 11.9. The highest BCUT2D eigenvalue weighted by atomic mass is 32.1. The van der Waals surface area contributed by atoms with Crippen molar-refractivity contribution >= 4 is 28.8 Å². The zero-order chi connectivity index (χ0) is 17.9. The summed E-state index contributed by atoms with van der Waals surface area (Å²) >= 11 is 1.20. The van der Waals surface area contributed by atoms with Gasteiger partial charge < -0.3 is 15.0 Å². The molecule has 25 heavy (non-hydrogen) atoms. The van der Waals surface area contributed by atoms with Crippen LogP contribution < -0.4 is 5.32 Å². The summed E-state index contributed by atoms with van der Waals surface area (Å²) in [6.45, 7) is 8.81. The molecule has 0 radical (unpaired) electrons. The standard InChI is InChI=1S/C17H25N5O2S/c1-17(2,12-22-6-8-24-9-7-22)18-16(23)21(3)11-13-4-5-14-15(10-13)20-25-19-14/h4-5,10H,6-9,11-12H2,1-3H3,(H,18,23). The van der Waals surface area contributed by atoms with E-state index in [0.717, 1.165) is 49.4 Å². The maximum Gasteiger partial charge on any atom is 0.317 e. The van der Waals surface area contributed by atoms with Crippen molar-refractivity contribution in [2.45, 2.75) is 25.9 Å². The van der Waals surface area contributed by atoms with E-state index in [9.17, 15) is 4.79 Å². The molecule has 1 aliphatic heterocycles. The van der Waals surface area contributed by atoms with E-state index in [0.29, 0.717) is 6.54 Å². The Morgan fingerprint density at radius 2 is 2.04 bits per heavy atom. The molecule has 1 aromatic heterocycles. The molecule has 2 aromatic rings. The Morgan fingerprint density at radius 3 is 2.80 bits per heavy atom. The normalized spacial score (nSPS) is 16.1. The molecule has 136 valence electrons. The first-order valence-electron chi connectivity index (χ1n) is 8.47. The van der Waals surface area contributed by atoms with Crippen LogP contribution in [0, 0.1) is 0 Å². The molecule has 0 unspecified atom stereocenters. The Kier molecular flexibility index (Phi) is 5.51. The van der Waals surface area contributed by atoms with Crippen molar-refractivity contribution in [2.75, 3.05) is 39.9 Å². The highest BCUT2D eigenvalue weighted by Gasteiger charge is 2.26. The van der Waals surface area contributed by atoms with E-state index >= 15 is 0 Å². The number of morpholine rings is 1. The number of amides is 2. The third-order valence-corrected chi connectivity index (χ3v) is 4.81. The van der Waals surface area contributed by atoms with Crippen LogP contribution in [0.25, 0.3) is 11.0 Å². The van der Waals surface area contributed by atoms with Gasteiger partial charge in [-0.25, -0.2) is 4.79 Å². The average molecular weight is 363 g/mol. The fourth-order valence-electron chi connectivity index (χ4n) is 3.01. The first-order valence-corrected chi connectivity index (χ1v) is 9.21. The van der Waals surface area contributed by atoms with Gasteiger partial charge in [0, 0.05) is 38.8 Å². The lowest BCUT2D eigenvalue weighted by Crippen LogP contribution is -2.55. The largest absolute Gasteiger partial charge is 0.379 e. The maximum atomic E-state index is 12.6. The summed E-state index contributed by atoms with van der Waals surface area (Å²) < 4.78 is 13.8. The van der Waals surface area contributed by atoms with E-state index in [-0.39, 0.29) is 11.6 Å². The topological polar surface area (TPSA) is 70.6 Å². The minimum atomic E-state index is -0.300. The van der Waals surface area contributed by atoms with Crippen LogP contribution in [-0.2, 0) is 11.3 Å². The van der Waals surface area contributed by atoms with Gasteiger partial charge in [0.15, 0.2) is 0 Å². The third-order valence-electron chi connectivity index (χ3n) is 4.25. The van der Waals surface area contributed by atoms with Crippen molar-refractivity contribution in [2.24, 2.45) is 0 Å². The van der Waals surface area contributed by atoms with Crippen molar-refractivity contribution < 1.29 is 9.53 Å². The van der Waals surface area contributed by atoms with Crippen LogP contribution in [0.1, 0.15) is 19.4 Å². The number of aromatic nitrogens is 2. The lowest BCUT2D eigenvalue weighted by molar-refractivity contribution is 0.0276. The van der Waals surface area contributed by atoms with Gasteiger partial charge in [-0.2, -0.15) is 8.75 Å². The van der Waals surface area contributed by atoms with Crippen LogP contribution in [-0.4, -0.2) is 70.0 Å². The van der Waals surface area contributed by atoms with E-state index < -0.39 is 0 Å². The zero-order valence-corrected chi connectivity index (χ0v) is 15.8.